The molecule has 1 saturated carbocycles. The average Bonchev–Trinajstić information content (AvgIpc) is 3.00. The molecular weight excluding hydrogens is 562 g/mol. The number of benzene rings is 3. The van der Waals surface area contributed by atoms with Crippen LogP contribution in [0.4, 0.5) is 5.69 Å². The van der Waals surface area contributed by atoms with E-state index in [4.69, 9.17) is 16.3 Å². The van der Waals surface area contributed by atoms with Gasteiger partial charge >= 0.3 is 0 Å². The number of nitrogens with zero attached hydrogens (tertiary/aromatic N) is 2. The van der Waals surface area contributed by atoms with Gasteiger partial charge in [0.05, 0.1) is 17.7 Å². The van der Waals surface area contributed by atoms with Gasteiger partial charge in [-0.3, -0.25) is 13.9 Å². The smallest absolute Gasteiger partial charge is 0.264 e. The minimum atomic E-state index is -4.14. The molecule has 0 spiro atoms. The molecule has 1 aliphatic carbocycles. The number of nitrogens with one attached hydrogen (secondary N) is 1. The van der Waals surface area contributed by atoms with Crippen LogP contribution in [0.15, 0.2) is 83.8 Å². The number of para-hydroxylation sites is 1. The number of sulfonamides is 1. The van der Waals surface area contributed by atoms with Gasteiger partial charge in [-0.05, 0) is 73.9 Å². The maximum atomic E-state index is 14.0. The largest absolute Gasteiger partial charge is 0.497 e. The van der Waals surface area contributed by atoms with E-state index in [1.54, 1.807) is 73.7 Å². The standard InChI is InChI=1S/C31H36ClN3O5S/c1-23(31(37)33-26-9-5-3-6-10-26)34(21-24-13-15-25(32)16-14-24)30(36)22-35(27-11-7-4-8-12-27)41(38,39)29-19-17-28(40-2)18-20-29/h4,7-8,11-20,23,26H,3,5-6,9-10,21-22H2,1-2H3,(H,33,37)/t23-/m1/s1. The number of rotatable bonds is 11. The third-order valence-electron chi connectivity index (χ3n) is 7.36. The van der Waals surface area contributed by atoms with E-state index in [1.807, 2.05) is 0 Å². The van der Waals surface area contributed by atoms with Gasteiger partial charge in [0.2, 0.25) is 11.8 Å². The van der Waals surface area contributed by atoms with Crippen LogP contribution in [-0.4, -0.2) is 50.9 Å². The highest BCUT2D eigenvalue weighted by Gasteiger charge is 2.33. The van der Waals surface area contributed by atoms with Gasteiger partial charge in [0, 0.05) is 17.6 Å². The molecule has 2 amide bonds. The fourth-order valence-corrected chi connectivity index (χ4v) is 6.48. The van der Waals surface area contributed by atoms with Crippen LogP contribution in [0.5, 0.6) is 5.75 Å². The lowest BCUT2D eigenvalue weighted by atomic mass is 9.95. The van der Waals surface area contributed by atoms with E-state index >= 15 is 0 Å². The summed E-state index contributed by atoms with van der Waals surface area (Å²) in [7, 11) is -2.64. The van der Waals surface area contributed by atoms with Crippen molar-refractivity contribution in [3.63, 3.8) is 0 Å². The predicted octanol–water partition coefficient (Wildman–Crippen LogP) is 5.41. The molecule has 41 heavy (non-hydrogen) atoms. The highest BCUT2D eigenvalue weighted by atomic mass is 35.5. The first-order valence-corrected chi connectivity index (χ1v) is 15.6. The van der Waals surface area contributed by atoms with Gasteiger partial charge in [0.15, 0.2) is 0 Å². The Bertz CT molecular complexity index is 1410. The van der Waals surface area contributed by atoms with Gasteiger partial charge in [-0.1, -0.05) is 61.2 Å². The zero-order valence-corrected chi connectivity index (χ0v) is 24.9. The fraction of sp³-hybridized carbons (Fsp3) is 0.355. The predicted molar refractivity (Wildman–Crippen MR) is 160 cm³/mol. The summed E-state index contributed by atoms with van der Waals surface area (Å²) in [4.78, 5) is 28.8. The molecule has 0 bridgehead atoms. The quantitative estimate of drug-likeness (QED) is 0.319. The molecule has 8 nitrogen and oxygen atoms in total. The molecule has 0 unspecified atom stereocenters. The van der Waals surface area contributed by atoms with Crippen molar-refractivity contribution in [3.8, 4) is 5.75 Å². The Morgan fingerprint density at radius 2 is 1.59 bits per heavy atom. The monoisotopic (exact) mass is 597 g/mol. The molecule has 1 atom stereocenters. The number of halogens is 1. The first kappa shape index (κ1) is 30.4. The number of amides is 2. The van der Waals surface area contributed by atoms with Crippen LogP contribution < -0.4 is 14.4 Å². The third kappa shape index (κ3) is 7.80. The van der Waals surface area contributed by atoms with Gasteiger partial charge in [-0.2, -0.15) is 0 Å². The van der Waals surface area contributed by atoms with Crippen molar-refractivity contribution >= 4 is 39.1 Å². The molecule has 0 aromatic heterocycles. The SMILES string of the molecule is COc1ccc(S(=O)(=O)N(CC(=O)N(Cc2ccc(Cl)cc2)[C@H](C)C(=O)NC2CCCCC2)c2ccccc2)cc1. The number of carbonyl (C=O) groups excluding carboxylic acids is 2. The Kier molecular flexibility index (Phi) is 10.3. The van der Waals surface area contributed by atoms with Crippen molar-refractivity contribution < 1.29 is 22.7 Å². The molecule has 1 N–H and O–H groups in total. The Morgan fingerprint density at radius 3 is 2.20 bits per heavy atom. The van der Waals surface area contributed by atoms with Crippen molar-refractivity contribution in [1.82, 2.24) is 10.2 Å². The van der Waals surface area contributed by atoms with Gasteiger partial charge in [0.1, 0.15) is 18.3 Å². The van der Waals surface area contributed by atoms with Crippen molar-refractivity contribution in [2.75, 3.05) is 18.0 Å². The van der Waals surface area contributed by atoms with Crippen molar-refractivity contribution in [3.05, 3.63) is 89.4 Å². The first-order valence-electron chi connectivity index (χ1n) is 13.7. The minimum Gasteiger partial charge on any atom is -0.497 e. The molecule has 3 aromatic rings. The zero-order valence-electron chi connectivity index (χ0n) is 23.3. The molecular formula is C31H36ClN3O5S. The Balaban J connectivity index is 1.65. The lowest BCUT2D eigenvalue weighted by Crippen LogP contribution is -2.53. The Labute approximate surface area is 247 Å². The molecule has 10 heteroatoms. The second-order valence-electron chi connectivity index (χ2n) is 10.2. The molecule has 0 heterocycles. The van der Waals surface area contributed by atoms with Gasteiger partial charge < -0.3 is 15.0 Å². The summed E-state index contributed by atoms with van der Waals surface area (Å²) >= 11 is 6.07. The Hall–Kier alpha value is -3.56. The van der Waals surface area contributed by atoms with Crippen molar-refractivity contribution in [1.29, 1.82) is 0 Å². The molecule has 0 radical (unpaired) electrons. The van der Waals surface area contributed by atoms with E-state index in [0.29, 0.717) is 16.5 Å². The number of methoxy groups -OCH3 is 1. The van der Waals surface area contributed by atoms with E-state index in [0.717, 1.165) is 42.0 Å². The first-order chi connectivity index (χ1) is 19.7. The molecule has 1 fully saturated rings. The summed E-state index contributed by atoms with van der Waals surface area (Å²) in [6.45, 7) is 1.30. The van der Waals surface area contributed by atoms with E-state index in [-0.39, 0.29) is 23.4 Å². The Morgan fingerprint density at radius 1 is 0.951 bits per heavy atom. The number of hydrogen-bond acceptors (Lipinski definition) is 5. The summed E-state index contributed by atoms with van der Waals surface area (Å²) < 4.78 is 34.0. The third-order valence-corrected chi connectivity index (χ3v) is 9.40. The average molecular weight is 598 g/mol. The lowest BCUT2D eigenvalue weighted by Gasteiger charge is -2.33. The molecule has 4 rings (SSSR count). The summed E-state index contributed by atoms with van der Waals surface area (Å²) in [6, 6.07) is 20.7. The van der Waals surface area contributed by atoms with Gasteiger partial charge in [-0.25, -0.2) is 8.42 Å². The molecule has 0 saturated heterocycles. The van der Waals surface area contributed by atoms with Crippen LogP contribution in [0, 0.1) is 0 Å². The van der Waals surface area contributed by atoms with Crippen LogP contribution in [0.2, 0.25) is 5.02 Å². The minimum absolute atomic E-state index is 0.0160. The second kappa shape index (κ2) is 13.9. The molecule has 1 aliphatic rings. The number of carbonyl (C=O) groups is 2. The normalized spacial score (nSPS) is 14.6. The van der Waals surface area contributed by atoms with Crippen LogP contribution in [0.1, 0.15) is 44.6 Å². The molecule has 218 valence electrons. The van der Waals surface area contributed by atoms with Crippen molar-refractivity contribution in [2.45, 2.75) is 62.6 Å². The maximum Gasteiger partial charge on any atom is 0.264 e. The van der Waals surface area contributed by atoms with Crippen LogP contribution in [0.3, 0.4) is 0 Å². The number of hydrogen-bond donors (Lipinski definition) is 1. The molecule has 3 aromatic carbocycles. The molecule has 0 aliphatic heterocycles. The van der Waals surface area contributed by atoms with E-state index in [2.05, 4.69) is 5.32 Å². The highest BCUT2D eigenvalue weighted by molar-refractivity contribution is 7.92. The summed E-state index contributed by atoms with van der Waals surface area (Å²) in [5.41, 5.74) is 1.10. The fourth-order valence-electron chi connectivity index (χ4n) is 4.94. The van der Waals surface area contributed by atoms with Crippen molar-refractivity contribution in [2.24, 2.45) is 0 Å². The maximum absolute atomic E-state index is 14.0. The van der Waals surface area contributed by atoms with Crippen LogP contribution in [-0.2, 0) is 26.2 Å². The highest BCUT2D eigenvalue weighted by Crippen LogP contribution is 2.26. The van der Waals surface area contributed by atoms with E-state index < -0.39 is 28.5 Å². The topological polar surface area (TPSA) is 96.0 Å². The van der Waals surface area contributed by atoms with Gasteiger partial charge in [-0.15, -0.1) is 0 Å². The second-order valence-corrected chi connectivity index (χ2v) is 12.5. The summed E-state index contributed by atoms with van der Waals surface area (Å²) in [5.74, 6) is -0.256. The summed E-state index contributed by atoms with van der Waals surface area (Å²) in [5, 5.41) is 3.65. The van der Waals surface area contributed by atoms with Gasteiger partial charge in [0.25, 0.3) is 10.0 Å². The van der Waals surface area contributed by atoms with Crippen LogP contribution >= 0.6 is 11.6 Å². The lowest BCUT2D eigenvalue weighted by molar-refractivity contribution is -0.139. The van der Waals surface area contributed by atoms with E-state index in [9.17, 15) is 18.0 Å². The van der Waals surface area contributed by atoms with E-state index in [1.165, 1.54) is 24.1 Å². The summed E-state index contributed by atoms with van der Waals surface area (Å²) in [6.07, 6.45) is 5.09. The number of anilines is 1. The van der Waals surface area contributed by atoms with Crippen LogP contribution in [0.25, 0.3) is 0 Å². The number of ether oxygens (including phenoxy) is 1. The zero-order chi connectivity index (χ0) is 29.4.